The predicted molar refractivity (Wildman–Crippen MR) is 135 cm³/mol. The maximum atomic E-state index is 13.0. The van der Waals surface area contributed by atoms with Crippen molar-refractivity contribution in [3.8, 4) is 0 Å². The largest absolute Gasteiger partial charge is 0.368 e. The molecule has 0 bridgehead atoms. The van der Waals surface area contributed by atoms with Gasteiger partial charge in [0, 0.05) is 67.3 Å². The number of hydrogen-bond acceptors (Lipinski definition) is 7. The van der Waals surface area contributed by atoms with Crippen molar-refractivity contribution in [3.63, 3.8) is 0 Å². The lowest BCUT2D eigenvalue weighted by atomic mass is 9.91. The first-order valence-corrected chi connectivity index (χ1v) is 12.8. The number of nitrogens with zero attached hydrogens (tertiary/aromatic N) is 4. The van der Waals surface area contributed by atoms with Crippen LogP contribution in [0.25, 0.3) is 0 Å². The number of amides is 1. The molecule has 0 radical (unpaired) electrons. The molecule has 4 aliphatic rings. The fourth-order valence-electron chi connectivity index (χ4n) is 6.56. The van der Waals surface area contributed by atoms with Crippen LogP contribution < -0.4 is 25.8 Å². The number of nitrogens with one attached hydrogen (secondary N) is 3. The van der Waals surface area contributed by atoms with Gasteiger partial charge in [-0.1, -0.05) is 12.8 Å². The van der Waals surface area contributed by atoms with Crippen LogP contribution in [-0.4, -0.2) is 59.2 Å². The van der Waals surface area contributed by atoms with Gasteiger partial charge in [-0.25, -0.2) is 4.98 Å². The van der Waals surface area contributed by atoms with Crippen molar-refractivity contribution in [2.24, 2.45) is 0 Å². The Balaban J connectivity index is 1.23. The first-order chi connectivity index (χ1) is 16.5. The summed E-state index contributed by atoms with van der Waals surface area (Å²) in [4.78, 5) is 27.4. The summed E-state index contributed by atoms with van der Waals surface area (Å²) in [7, 11) is 0. The molecular weight excluding hydrogens is 426 g/mol. The SMILES string of the molecule is CC1CN(c2ccc(Nc3ncc4c(n3)N(C3CCCC3)[C@]3(CCNC3=O)C4)cc2)CC(C)N1. The highest BCUT2D eigenvalue weighted by Crippen LogP contribution is 2.46. The third-order valence-corrected chi connectivity index (χ3v) is 8.00. The van der Waals surface area contributed by atoms with E-state index in [1.807, 2.05) is 6.20 Å². The lowest BCUT2D eigenvalue weighted by Gasteiger charge is -2.38. The number of hydrogen-bond donors (Lipinski definition) is 3. The number of aromatic nitrogens is 2. The van der Waals surface area contributed by atoms with Crippen LogP contribution in [0.15, 0.2) is 30.5 Å². The van der Waals surface area contributed by atoms with Crippen molar-refractivity contribution in [1.82, 2.24) is 20.6 Å². The summed E-state index contributed by atoms with van der Waals surface area (Å²) in [6, 6.07) is 9.89. The summed E-state index contributed by atoms with van der Waals surface area (Å²) >= 11 is 0. The first kappa shape index (κ1) is 21.6. The van der Waals surface area contributed by atoms with Crippen molar-refractivity contribution >= 4 is 29.0 Å². The molecule has 4 heterocycles. The average Bonchev–Trinajstić information content (AvgIpc) is 3.53. The van der Waals surface area contributed by atoms with Crippen LogP contribution in [0.1, 0.15) is 51.5 Å². The number of carbonyl (C=O) groups excluding carboxylic acids is 1. The second kappa shape index (κ2) is 8.41. The number of carbonyl (C=O) groups is 1. The van der Waals surface area contributed by atoms with Crippen LogP contribution in [0.2, 0.25) is 0 Å². The second-order valence-electron chi connectivity index (χ2n) is 10.6. The molecule has 3 fully saturated rings. The summed E-state index contributed by atoms with van der Waals surface area (Å²) in [5.41, 5.74) is 2.82. The number of piperazine rings is 1. The third-order valence-electron chi connectivity index (χ3n) is 8.00. The highest BCUT2D eigenvalue weighted by Gasteiger charge is 2.55. The summed E-state index contributed by atoms with van der Waals surface area (Å²) in [5, 5.41) is 10.1. The summed E-state index contributed by atoms with van der Waals surface area (Å²) < 4.78 is 0. The van der Waals surface area contributed by atoms with Crippen LogP contribution in [0.3, 0.4) is 0 Å². The maximum absolute atomic E-state index is 13.0. The van der Waals surface area contributed by atoms with Crippen molar-refractivity contribution in [3.05, 3.63) is 36.0 Å². The minimum Gasteiger partial charge on any atom is -0.368 e. The fourth-order valence-corrected chi connectivity index (χ4v) is 6.56. The number of fused-ring (bicyclic) bond motifs is 1. The van der Waals surface area contributed by atoms with Crippen LogP contribution in [0.5, 0.6) is 0 Å². The molecule has 1 amide bonds. The van der Waals surface area contributed by atoms with Gasteiger partial charge in [0.1, 0.15) is 11.4 Å². The highest BCUT2D eigenvalue weighted by molar-refractivity contribution is 5.94. The highest BCUT2D eigenvalue weighted by atomic mass is 16.2. The molecule has 1 spiro atoms. The van der Waals surface area contributed by atoms with Crippen molar-refractivity contribution < 1.29 is 4.79 Å². The molecule has 1 aromatic heterocycles. The molecule has 1 saturated carbocycles. The zero-order valence-electron chi connectivity index (χ0n) is 20.2. The minimum absolute atomic E-state index is 0.152. The zero-order valence-corrected chi connectivity index (χ0v) is 20.2. The molecular formula is C26H35N7O. The van der Waals surface area contributed by atoms with E-state index in [-0.39, 0.29) is 5.91 Å². The van der Waals surface area contributed by atoms with E-state index in [1.165, 1.54) is 18.5 Å². The lowest BCUT2D eigenvalue weighted by molar-refractivity contribution is -0.123. The Morgan fingerprint density at radius 2 is 1.82 bits per heavy atom. The second-order valence-corrected chi connectivity index (χ2v) is 10.6. The van der Waals surface area contributed by atoms with Gasteiger partial charge in [-0.3, -0.25) is 4.79 Å². The topological polar surface area (TPSA) is 85.4 Å². The predicted octanol–water partition coefficient (Wildman–Crippen LogP) is 2.97. The Labute approximate surface area is 201 Å². The van der Waals surface area contributed by atoms with Crippen molar-refractivity contribution in [2.75, 3.05) is 34.8 Å². The van der Waals surface area contributed by atoms with E-state index >= 15 is 0 Å². The Hall–Kier alpha value is -2.87. The third kappa shape index (κ3) is 3.68. The van der Waals surface area contributed by atoms with Crippen LogP contribution in [0.4, 0.5) is 23.1 Å². The molecule has 8 nitrogen and oxygen atoms in total. The van der Waals surface area contributed by atoms with Crippen molar-refractivity contribution in [1.29, 1.82) is 0 Å². The van der Waals surface area contributed by atoms with E-state index in [1.54, 1.807) is 0 Å². The number of rotatable bonds is 4. The number of anilines is 4. The van der Waals surface area contributed by atoms with E-state index in [0.29, 0.717) is 30.5 Å². The van der Waals surface area contributed by atoms with Gasteiger partial charge in [0.15, 0.2) is 0 Å². The van der Waals surface area contributed by atoms with E-state index in [9.17, 15) is 4.79 Å². The molecule has 2 aromatic rings. The smallest absolute Gasteiger partial charge is 0.246 e. The van der Waals surface area contributed by atoms with Gasteiger partial charge < -0.3 is 25.8 Å². The van der Waals surface area contributed by atoms with Gasteiger partial charge in [0.05, 0.1) is 0 Å². The minimum atomic E-state index is -0.482. The summed E-state index contributed by atoms with van der Waals surface area (Å²) in [6.45, 7) is 7.23. The Morgan fingerprint density at radius 3 is 2.50 bits per heavy atom. The molecule has 2 saturated heterocycles. The van der Waals surface area contributed by atoms with Crippen LogP contribution >= 0.6 is 0 Å². The normalized spacial score (nSPS) is 29.1. The van der Waals surface area contributed by atoms with E-state index in [4.69, 9.17) is 4.98 Å². The van der Waals surface area contributed by atoms with Gasteiger partial charge in [0.25, 0.3) is 0 Å². The van der Waals surface area contributed by atoms with Gasteiger partial charge >= 0.3 is 0 Å². The first-order valence-electron chi connectivity index (χ1n) is 12.8. The molecule has 3 N–H and O–H groups in total. The summed E-state index contributed by atoms with van der Waals surface area (Å²) in [6.07, 6.45) is 8.18. The van der Waals surface area contributed by atoms with E-state index in [2.05, 4.69) is 68.8 Å². The monoisotopic (exact) mass is 461 g/mol. The molecule has 3 atom stereocenters. The molecule has 3 aliphatic heterocycles. The molecule has 1 aromatic carbocycles. The molecule has 2 unspecified atom stereocenters. The number of benzene rings is 1. The standard InChI is InChI=1S/C26H35N7O/c1-17-15-32(16-18(2)29-17)21-9-7-20(8-10-21)30-25-28-14-19-13-26(11-12-27-24(26)34)33(23(19)31-25)22-5-3-4-6-22/h7-10,14,17-18,22,29H,3-6,11-13,15-16H2,1-2H3,(H,27,34)(H,28,30,31)/t17?,18?,26-/m1/s1. The van der Waals surface area contributed by atoms with Gasteiger partial charge in [-0.05, 0) is 57.4 Å². The lowest BCUT2D eigenvalue weighted by Crippen LogP contribution is -2.56. The Kier molecular flexibility index (Phi) is 5.36. The zero-order chi connectivity index (χ0) is 23.3. The molecule has 34 heavy (non-hydrogen) atoms. The molecule has 6 rings (SSSR count). The van der Waals surface area contributed by atoms with Crippen LogP contribution in [0, 0.1) is 0 Å². The van der Waals surface area contributed by atoms with E-state index in [0.717, 1.165) is 56.0 Å². The summed E-state index contributed by atoms with van der Waals surface area (Å²) in [5.74, 6) is 1.69. The molecule has 180 valence electrons. The van der Waals surface area contributed by atoms with Gasteiger partial charge in [-0.2, -0.15) is 4.98 Å². The fraction of sp³-hybridized carbons (Fsp3) is 0.577. The van der Waals surface area contributed by atoms with E-state index < -0.39 is 5.54 Å². The maximum Gasteiger partial charge on any atom is 0.246 e. The molecule has 1 aliphatic carbocycles. The quantitative estimate of drug-likeness (QED) is 0.645. The Bertz CT molecular complexity index is 1060. The average molecular weight is 462 g/mol. The van der Waals surface area contributed by atoms with Crippen molar-refractivity contribution in [2.45, 2.75) is 76.0 Å². The molecule has 8 heteroatoms. The van der Waals surface area contributed by atoms with Gasteiger partial charge in [-0.15, -0.1) is 0 Å². The Morgan fingerprint density at radius 1 is 1.09 bits per heavy atom. The van der Waals surface area contributed by atoms with Crippen LogP contribution in [-0.2, 0) is 11.2 Å². The van der Waals surface area contributed by atoms with Gasteiger partial charge in [0.2, 0.25) is 11.9 Å².